The van der Waals surface area contributed by atoms with Gasteiger partial charge in [0, 0.05) is 17.8 Å². The highest BCUT2D eigenvalue weighted by atomic mass is 35.5. The standard InChI is InChI=1S/C28H22ClF3N2O5S/c1-38-24-11-4-2-7-19(24)17-33-23-14-13-18(27(35)39-25-12-5-3-10-22(25)29)15-26(23)40(36,37)34-21-9-6-8-20(16-21)28(30,31)32/h2-16,33-34H,17H2,1H3. The van der Waals surface area contributed by atoms with Crippen molar-refractivity contribution in [3.8, 4) is 11.5 Å². The lowest BCUT2D eigenvalue weighted by atomic mass is 10.1. The Morgan fingerprint density at radius 1 is 0.900 bits per heavy atom. The fourth-order valence-corrected chi connectivity index (χ4v) is 5.15. The molecule has 4 aromatic carbocycles. The number of nitrogens with one attached hydrogen (secondary N) is 2. The summed E-state index contributed by atoms with van der Waals surface area (Å²) < 4.78 is 79.4. The molecule has 0 amide bonds. The van der Waals surface area contributed by atoms with Crippen molar-refractivity contribution in [2.75, 3.05) is 17.1 Å². The Labute approximate surface area is 233 Å². The summed E-state index contributed by atoms with van der Waals surface area (Å²) in [6.45, 7) is 0.138. The van der Waals surface area contributed by atoms with E-state index >= 15 is 0 Å². The number of para-hydroxylation sites is 2. The van der Waals surface area contributed by atoms with Crippen LogP contribution in [0.15, 0.2) is 95.9 Å². The summed E-state index contributed by atoms with van der Waals surface area (Å²) >= 11 is 6.06. The number of rotatable bonds is 9. The maximum absolute atomic E-state index is 13.5. The van der Waals surface area contributed by atoms with E-state index in [-0.39, 0.29) is 34.3 Å². The van der Waals surface area contributed by atoms with Gasteiger partial charge in [-0.25, -0.2) is 13.2 Å². The smallest absolute Gasteiger partial charge is 0.416 e. The minimum absolute atomic E-state index is 0.0686. The number of esters is 1. The number of ether oxygens (including phenoxy) is 2. The molecule has 208 valence electrons. The molecule has 0 aliphatic carbocycles. The molecule has 0 unspecified atom stereocenters. The van der Waals surface area contributed by atoms with Gasteiger partial charge in [0.2, 0.25) is 0 Å². The molecule has 0 radical (unpaired) electrons. The second kappa shape index (κ2) is 11.9. The second-order valence-corrected chi connectivity index (χ2v) is 10.4. The third-order valence-electron chi connectivity index (χ3n) is 5.65. The van der Waals surface area contributed by atoms with Gasteiger partial charge in [-0.05, 0) is 54.6 Å². The Bertz CT molecular complexity index is 1650. The quantitative estimate of drug-likeness (QED) is 0.161. The van der Waals surface area contributed by atoms with E-state index in [0.29, 0.717) is 17.4 Å². The van der Waals surface area contributed by atoms with E-state index in [1.54, 1.807) is 36.4 Å². The largest absolute Gasteiger partial charge is 0.496 e. The third-order valence-corrected chi connectivity index (χ3v) is 7.38. The molecule has 7 nitrogen and oxygen atoms in total. The average Bonchev–Trinajstić information content (AvgIpc) is 2.92. The van der Waals surface area contributed by atoms with Crippen LogP contribution in [0.25, 0.3) is 0 Å². The molecule has 0 aromatic heterocycles. The van der Waals surface area contributed by atoms with Crippen LogP contribution >= 0.6 is 11.6 Å². The normalized spacial score (nSPS) is 11.5. The molecular formula is C28H22ClF3N2O5S. The molecular weight excluding hydrogens is 569 g/mol. The molecule has 0 spiro atoms. The van der Waals surface area contributed by atoms with Crippen molar-refractivity contribution in [3.63, 3.8) is 0 Å². The van der Waals surface area contributed by atoms with Gasteiger partial charge in [0.05, 0.1) is 28.9 Å². The Hall–Kier alpha value is -4.22. The van der Waals surface area contributed by atoms with E-state index < -0.39 is 32.6 Å². The van der Waals surface area contributed by atoms with Crippen molar-refractivity contribution < 1.29 is 35.9 Å². The predicted molar refractivity (Wildman–Crippen MR) is 145 cm³/mol. The second-order valence-electron chi connectivity index (χ2n) is 8.38. The number of carbonyl (C=O) groups excluding carboxylic acids is 1. The summed E-state index contributed by atoms with van der Waals surface area (Å²) in [5.41, 5.74) is -0.679. The van der Waals surface area contributed by atoms with E-state index in [2.05, 4.69) is 10.0 Å². The van der Waals surface area contributed by atoms with Crippen LogP contribution in [0.4, 0.5) is 24.5 Å². The van der Waals surface area contributed by atoms with Gasteiger partial charge in [-0.2, -0.15) is 13.2 Å². The number of halogens is 4. The number of benzene rings is 4. The number of alkyl halides is 3. The molecule has 0 bridgehead atoms. The van der Waals surface area contributed by atoms with Crippen LogP contribution in [-0.4, -0.2) is 21.5 Å². The minimum Gasteiger partial charge on any atom is -0.496 e. The molecule has 0 saturated carbocycles. The zero-order valence-electron chi connectivity index (χ0n) is 20.8. The van der Waals surface area contributed by atoms with E-state index in [9.17, 15) is 26.4 Å². The topological polar surface area (TPSA) is 93.7 Å². The SMILES string of the molecule is COc1ccccc1CNc1ccc(C(=O)Oc2ccccc2Cl)cc1S(=O)(=O)Nc1cccc(C(F)(F)F)c1. The summed E-state index contributed by atoms with van der Waals surface area (Å²) in [6, 6.07) is 20.8. The number of hydrogen-bond acceptors (Lipinski definition) is 6. The molecule has 4 aromatic rings. The summed E-state index contributed by atoms with van der Waals surface area (Å²) in [5.74, 6) is -0.264. The van der Waals surface area contributed by atoms with Crippen LogP contribution in [0, 0.1) is 0 Å². The number of methoxy groups -OCH3 is 1. The molecule has 0 saturated heterocycles. The first-order valence-electron chi connectivity index (χ1n) is 11.6. The molecule has 0 fully saturated rings. The first kappa shape index (κ1) is 28.8. The van der Waals surface area contributed by atoms with Gasteiger partial charge in [0.15, 0.2) is 0 Å². The predicted octanol–water partition coefficient (Wildman–Crippen LogP) is 7.00. The van der Waals surface area contributed by atoms with Crippen molar-refractivity contribution in [1.82, 2.24) is 0 Å². The third kappa shape index (κ3) is 6.85. The maximum Gasteiger partial charge on any atom is 0.416 e. The lowest BCUT2D eigenvalue weighted by Gasteiger charge is -2.17. The maximum atomic E-state index is 13.5. The zero-order chi connectivity index (χ0) is 28.9. The molecule has 0 aliphatic heterocycles. The van der Waals surface area contributed by atoms with Crippen LogP contribution in [0.2, 0.25) is 5.02 Å². The van der Waals surface area contributed by atoms with Gasteiger partial charge in [0.1, 0.15) is 16.4 Å². The van der Waals surface area contributed by atoms with Crippen LogP contribution in [0.5, 0.6) is 11.5 Å². The minimum atomic E-state index is -4.68. The van der Waals surface area contributed by atoms with Crippen molar-refractivity contribution >= 4 is 39.0 Å². The summed E-state index contributed by atoms with van der Waals surface area (Å²) in [4.78, 5) is 12.5. The number of anilines is 2. The Kier molecular flexibility index (Phi) is 8.55. The van der Waals surface area contributed by atoms with Crippen LogP contribution in [-0.2, 0) is 22.7 Å². The molecule has 4 rings (SSSR count). The first-order chi connectivity index (χ1) is 19.0. The summed E-state index contributed by atoms with van der Waals surface area (Å²) in [7, 11) is -3.02. The monoisotopic (exact) mass is 590 g/mol. The van der Waals surface area contributed by atoms with Gasteiger partial charge < -0.3 is 14.8 Å². The molecule has 40 heavy (non-hydrogen) atoms. The van der Waals surface area contributed by atoms with Crippen LogP contribution < -0.4 is 19.5 Å². The Morgan fingerprint density at radius 2 is 1.60 bits per heavy atom. The Morgan fingerprint density at radius 3 is 2.30 bits per heavy atom. The molecule has 12 heteroatoms. The molecule has 0 aliphatic rings. The number of hydrogen-bond donors (Lipinski definition) is 2. The highest BCUT2D eigenvalue weighted by molar-refractivity contribution is 7.92. The summed E-state index contributed by atoms with van der Waals surface area (Å²) in [5, 5.41) is 3.18. The van der Waals surface area contributed by atoms with Gasteiger partial charge in [0.25, 0.3) is 10.0 Å². The molecule has 2 N–H and O–H groups in total. The fraction of sp³-hybridized carbons (Fsp3) is 0.107. The van der Waals surface area contributed by atoms with Crippen LogP contribution in [0.3, 0.4) is 0 Å². The first-order valence-corrected chi connectivity index (χ1v) is 13.5. The van der Waals surface area contributed by atoms with Crippen LogP contribution in [0.1, 0.15) is 21.5 Å². The molecule has 0 atom stereocenters. The van der Waals surface area contributed by atoms with Gasteiger partial charge in [-0.3, -0.25) is 4.72 Å². The van der Waals surface area contributed by atoms with Gasteiger partial charge >= 0.3 is 12.1 Å². The van der Waals surface area contributed by atoms with E-state index in [4.69, 9.17) is 21.1 Å². The lowest BCUT2D eigenvalue weighted by Crippen LogP contribution is -2.18. The molecule has 0 heterocycles. The Balaban J connectivity index is 1.71. The van der Waals surface area contributed by atoms with E-state index in [0.717, 1.165) is 18.2 Å². The van der Waals surface area contributed by atoms with Crippen molar-refractivity contribution in [2.45, 2.75) is 17.6 Å². The van der Waals surface area contributed by atoms with Crippen molar-refractivity contribution in [3.05, 3.63) is 113 Å². The van der Waals surface area contributed by atoms with E-state index in [1.165, 1.54) is 37.4 Å². The number of sulfonamides is 1. The highest BCUT2D eigenvalue weighted by Gasteiger charge is 2.31. The average molecular weight is 591 g/mol. The highest BCUT2D eigenvalue weighted by Crippen LogP contribution is 2.33. The van der Waals surface area contributed by atoms with Gasteiger partial charge in [-0.15, -0.1) is 0 Å². The summed E-state index contributed by atoms with van der Waals surface area (Å²) in [6.07, 6.45) is -4.68. The zero-order valence-corrected chi connectivity index (χ0v) is 22.4. The van der Waals surface area contributed by atoms with Crippen molar-refractivity contribution in [2.24, 2.45) is 0 Å². The van der Waals surface area contributed by atoms with Crippen molar-refractivity contribution in [1.29, 1.82) is 0 Å². The van der Waals surface area contributed by atoms with Gasteiger partial charge in [-0.1, -0.05) is 48.0 Å². The van der Waals surface area contributed by atoms with E-state index in [1.807, 2.05) is 0 Å². The number of carbonyl (C=O) groups is 1. The lowest BCUT2D eigenvalue weighted by molar-refractivity contribution is -0.137. The fourth-order valence-electron chi connectivity index (χ4n) is 3.71.